The molecule has 0 saturated carbocycles. The van der Waals surface area contributed by atoms with E-state index in [9.17, 15) is 13.6 Å². The quantitative estimate of drug-likeness (QED) is 0.334. The Hall–Kier alpha value is -4.25. The number of pyridine rings is 2. The van der Waals surface area contributed by atoms with Gasteiger partial charge in [-0.25, -0.2) is 4.79 Å². The topological polar surface area (TPSA) is 91.5 Å². The molecule has 40 heavy (non-hydrogen) atoms. The summed E-state index contributed by atoms with van der Waals surface area (Å²) in [5.74, 6) is -0.763. The molecular weight excluding hydrogens is 516 g/mol. The maximum atomic E-state index is 13.8. The number of rotatable bonds is 9. The van der Waals surface area contributed by atoms with Gasteiger partial charge < -0.3 is 14.2 Å². The summed E-state index contributed by atoms with van der Waals surface area (Å²) in [6.45, 7) is 9.63. The van der Waals surface area contributed by atoms with E-state index in [1.165, 1.54) is 6.20 Å². The van der Waals surface area contributed by atoms with Gasteiger partial charge in [0.2, 0.25) is 5.89 Å². The van der Waals surface area contributed by atoms with Crippen molar-refractivity contribution in [3.8, 4) is 11.5 Å². The predicted molar refractivity (Wildman–Crippen MR) is 146 cm³/mol. The van der Waals surface area contributed by atoms with Crippen LogP contribution in [0, 0.1) is 0 Å². The molecule has 0 bridgehead atoms. The highest BCUT2D eigenvalue weighted by atomic mass is 19.3. The summed E-state index contributed by atoms with van der Waals surface area (Å²) in [6.07, 6.45) is 9.68. The molecule has 0 unspecified atom stereocenters. The molecule has 5 rings (SSSR count). The SMILES string of the molecule is C=C/C=C(\C=C1/CN(Cc2ccc(-c3nnc(C(F)F)o3)cn2)C(=O)N1C1CCN(CC)CC1)c1cccnc1. The van der Waals surface area contributed by atoms with E-state index in [4.69, 9.17) is 4.42 Å². The molecule has 2 fully saturated rings. The fourth-order valence-electron chi connectivity index (χ4n) is 5.08. The van der Waals surface area contributed by atoms with E-state index in [0.717, 1.165) is 49.3 Å². The smallest absolute Gasteiger partial charge is 0.325 e. The summed E-state index contributed by atoms with van der Waals surface area (Å²) in [7, 11) is 0. The van der Waals surface area contributed by atoms with E-state index in [2.05, 4.69) is 44.6 Å². The van der Waals surface area contributed by atoms with Gasteiger partial charge in [0, 0.05) is 49.0 Å². The monoisotopic (exact) mass is 547 g/mol. The standard InChI is InChI=1S/C29H31F2N7O2/c1-3-6-20(21-7-5-12-32-16-21)15-25-19-37(29(39)38(25)24-10-13-36(4-2)14-11-24)18-23-9-8-22(17-33-23)27-34-35-28(40-27)26(30)31/h3,5-9,12,15-17,24,26H,1,4,10-11,13-14,18-19H2,2H3/b20-6+,25-15+. The Balaban J connectivity index is 1.39. The summed E-state index contributed by atoms with van der Waals surface area (Å²) in [6, 6.07) is 7.31. The van der Waals surface area contributed by atoms with Crippen LogP contribution in [0.15, 0.2) is 77.8 Å². The van der Waals surface area contributed by atoms with Gasteiger partial charge >= 0.3 is 12.5 Å². The molecule has 2 saturated heterocycles. The molecular formula is C29H31F2N7O2. The zero-order valence-electron chi connectivity index (χ0n) is 22.3. The molecule has 5 heterocycles. The number of urea groups is 1. The Bertz CT molecular complexity index is 1380. The van der Waals surface area contributed by atoms with Crippen LogP contribution in [0.3, 0.4) is 0 Å². The molecule has 0 aromatic carbocycles. The highest BCUT2D eigenvalue weighted by molar-refractivity contribution is 5.83. The molecule has 0 radical (unpaired) electrons. The van der Waals surface area contributed by atoms with Gasteiger partial charge in [-0.2, -0.15) is 8.78 Å². The lowest BCUT2D eigenvalue weighted by Gasteiger charge is -2.36. The Kier molecular flexibility index (Phi) is 8.40. The molecule has 2 amide bonds. The predicted octanol–water partition coefficient (Wildman–Crippen LogP) is 5.34. The maximum Gasteiger partial charge on any atom is 0.325 e. The van der Waals surface area contributed by atoms with Crippen molar-refractivity contribution >= 4 is 11.6 Å². The van der Waals surface area contributed by atoms with Crippen molar-refractivity contribution in [2.75, 3.05) is 26.2 Å². The zero-order chi connectivity index (χ0) is 28.1. The van der Waals surface area contributed by atoms with Gasteiger partial charge in [0.05, 0.1) is 24.3 Å². The molecule has 0 aliphatic carbocycles. The minimum atomic E-state index is -2.84. The van der Waals surface area contributed by atoms with Crippen molar-refractivity contribution in [1.82, 2.24) is 34.9 Å². The number of allylic oxidation sites excluding steroid dienone is 4. The summed E-state index contributed by atoms with van der Waals surface area (Å²) < 4.78 is 30.6. The highest BCUT2D eigenvalue weighted by Crippen LogP contribution is 2.31. The Morgan fingerprint density at radius 3 is 2.65 bits per heavy atom. The van der Waals surface area contributed by atoms with E-state index in [1.54, 1.807) is 35.5 Å². The van der Waals surface area contributed by atoms with Gasteiger partial charge in [-0.05, 0) is 49.2 Å². The second-order valence-corrected chi connectivity index (χ2v) is 9.69. The number of amides is 2. The average Bonchev–Trinajstić information content (AvgIpc) is 3.59. The second-order valence-electron chi connectivity index (χ2n) is 9.69. The third-order valence-corrected chi connectivity index (χ3v) is 7.17. The summed E-state index contributed by atoms with van der Waals surface area (Å²) in [5, 5.41) is 7.03. The number of piperidine rings is 1. The van der Waals surface area contributed by atoms with Crippen LogP contribution in [0.5, 0.6) is 0 Å². The lowest BCUT2D eigenvalue weighted by atomic mass is 10.0. The lowest BCUT2D eigenvalue weighted by molar-refractivity contribution is 0.116. The van der Waals surface area contributed by atoms with Crippen LogP contribution in [0.1, 0.15) is 43.3 Å². The molecule has 11 heteroatoms. The fourth-order valence-corrected chi connectivity index (χ4v) is 5.08. The number of hydrogen-bond donors (Lipinski definition) is 0. The molecule has 0 N–H and O–H groups in total. The van der Waals surface area contributed by atoms with Crippen LogP contribution in [-0.2, 0) is 6.54 Å². The fraction of sp³-hybridized carbons (Fsp3) is 0.345. The van der Waals surface area contributed by atoms with Crippen LogP contribution in [-0.4, -0.2) is 73.1 Å². The summed E-state index contributed by atoms with van der Waals surface area (Å²) in [5.41, 5.74) is 3.86. The molecule has 0 atom stereocenters. The Labute approximate surface area is 231 Å². The van der Waals surface area contributed by atoms with Crippen LogP contribution >= 0.6 is 0 Å². The molecule has 0 spiro atoms. The van der Waals surface area contributed by atoms with Crippen LogP contribution < -0.4 is 0 Å². The van der Waals surface area contributed by atoms with Gasteiger partial charge in [0.1, 0.15) is 0 Å². The van der Waals surface area contributed by atoms with Crippen LogP contribution in [0.2, 0.25) is 0 Å². The first-order valence-electron chi connectivity index (χ1n) is 13.3. The van der Waals surface area contributed by atoms with Gasteiger partial charge in [-0.1, -0.05) is 31.7 Å². The number of nitrogens with zero attached hydrogens (tertiary/aromatic N) is 7. The largest absolute Gasteiger partial charge is 0.415 e. The minimum absolute atomic E-state index is 0.0293. The number of carbonyl (C=O) groups excluding carboxylic acids is 1. The van der Waals surface area contributed by atoms with Crippen LogP contribution in [0.25, 0.3) is 17.0 Å². The number of likely N-dealkylation sites (tertiary alicyclic amines) is 1. The summed E-state index contributed by atoms with van der Waals surface area (Å²) in [4.78, 5) is 28.6. The van der Waals surface area contributed by atoms with E-state index in [0.29, 0.717) is 24.3 Å². The first-order chi connectivity index (χ1) is 19.5. The van der Waals surface area contributed by atoms with Crippen LogP contribution in [0.4, 0.5) is 13.6 Å². The maximum absolute atomic E-state index is 13.8. The second kappa shape index (κ2) is 12.3. The first kappa shape index (κ1) is 27.3. The molecule has 208 valence electrons. The third kappa shape index (κ3) is 5.99. The van der Waals surface area contributed by atoms with E-state index >= 15 is 0 Å². The van der Waals surface area contributed by atoms with Gasteiger partial charge in [0.25, 0.3) is 5.89 Å². The van der Waals surface area contributed by atoms with E-state index < -0.39 is 12.3 Å². The van der Waals surface area contributed by atoms with Crippen molar-refractivity contribution in [3.05, 3.63) is 90.5 Å². The molecule has 9 nitrogen and oxygen atoms in total. The number of halogens is 2. The van der Waals surface area contributed by atoms with Crippen molar-refractivity contribution in [2.45, 2.75) is 38.8 Å². The van der Waals surface area contributed by atoms with Gasteiger partial charge in [0.15, 0.2) is 0 Å². The van der Waals surface area contributed by atoms with Gasteiger partial charge in [-0.15, -0.1) is 10.2 Å². The molecule has 3 aromatic heterocycles. The Morgan fingerprint density at radius 2 is 2.02 bits per heavy atom. The number of aromatic nitrogens is 4. The van der Waals surface area contributed by atoms with Crippen molar-refractivity contribution in [2.24, 2.45) is 0 Å². The molecule has 2 aliphatic heterocycles. The van der Waals surface area contributed by atoms with E-state index in [-0.39, 0.29) is 18.0 Å². The average molecular weight is 548 g/mol. The lowest BCUT2D eigenvalue weighted by Crippen LogP contribution is -2.46. The summed E-state index contributed by atoms with van der Waals surface area (Å²) >= 11 is 0. The highest BCUT2D eigenvalue weighted by Gasteiger charge is 2.39. The number of alkyl halides is 2. The first-order valence-corrected chi connectivity index (χ1v) is 13.3. The molecule has 2 aliphatic rings. The number of carbonyl (C=O) groups is 1. The van der Waals surface area contributed by atoms with Crippen molar-refractivity contribution in [1.29, 1.82) is 0 Å². The Morgan fingerprint density at radius 1 is 1.20 bits per heavy atom. The molecule has 3 aromatic rings. The minimum Gasteiger partial charge on any atom is -0.415 e. The zero-order valence-corrected chi connectivity index (χ0v) is 22.3. The third-order valence-electron chi connectivity index (χ3n) is 7.17. The van der Waals surface area contributed by atoms with Gasteiger partial charge in [-0.3, -0.25) is 14.9 Å². The van der Waals surface area contributed by atoms with E-state index in [1.807, 2.05) is 23.1 Å². The van der Waals surface area contributed by atoms with Crippen molar-refractivity contribution in [3.63, 3.8) is 0 Å². The normalized spacial score (nSPS) is 18.4. The number of hydrogen-bond acceptors (Lipinski definition) is 7. The van der Waals surface area contributed by atoms with Crippen molar-refractivity contribution < 1.29 is 18.0 Å².